The first-order chi connectivity index (χ1) is 16.3. The van der Waals surface area contributed by atoms with Crippen LogP contribution >= 0.6 is 0 Å². The van der Waals surface area contributed by atoms with Crippen molar-refractivity contribution in [2.24, 2.45) is 0 Å². The summed E-state index contributed by atoms with van der Waals surface area (Å²) >= 11 is 0. The predicted octanol–water partition coefficient (Wildman–Crippen LogP) is 11.2. The van der Waals surface area contributed by atoms with E-state index in [1.165, 1.54) is 135 Å². The monoisotopic (exact) mass is 464 g/mol. The van der Waals surface area contributed by atoms with Crippen molar-refractivity contribution in [1.82, 2.24) is 0 Å². The van der Waals surface area contributed by atoms with Gasteiger partial charge in [-0.1, -0.05) is 155 Å². The van der Waals surface area contributed by atoms with Crippen LogP contribution in [-0.2, 0) is 9.53 Å². The summed E-state index contributed by atoms with van der Waals surface area (Å²) in [4.78, 5) is 11.6. The zero-order valence-corrected chi connectivity index (χ0v) is 22.9. The van der Waals surface area contributed by atoms with Gasteiger partial charge in [0.05, 0.1) is 6.26 Å². The summed E-state index contributed by atoms with van der Waals surface area (Å²) in [5.74, 6) is -0.0732. The average Bonchev–Trinajstić information content (AvgIpc) is 2.82. The number of unbranched alkanes of at least 4 members (excludes halogenated alkanes) is 23. The standard InChI is InChI=1S/C31H60O2/c1-3-5-7-9-10-11-12-13-14-15-16-17-18-19-20-21-22-23-24-25-26-27-29-31(32)33-30-28-8-6-4-2/h28,30H,3-27,29H2,1-2H3/b30-28+. The van der Waals surface area contributed by atoms with Crippen LogP contribution in [0.3, 0.4) is 0 Å². The summed E-state index contributed by atoms with van der Waals surface area (Å²) in [6.45, 7) is 4.46. The fraction of sp³-hybridized carbons (Fsp3) is 0.903. The quantitative estimate of drug-likeness (QED) is 0.0686. The lowest BCUT2D eigenvalue weighted by molar-refractivity contribution is -0.138. The van der Waals surface area contributed by atoms with E-state index < -0.39 is 0 Å². The van der Waals surface area contributed by atoms with E-state index in [0.29, 0.717) is 6.42 Å². The van der Waals surface area contributed by atoms with E-state index in [1.807, 2.05) is 6.08 Å². The fourth-order valence-electron chi connectivity index (χ4n) is 4.45. The molecule has 0 N–H and O–H groups in total. The summed E-state index contributed by atoms with van der Waals surface area (Å²) in [6.07, 6.45) is 38.1. The molecule has 0 rings (SSSR count). The molecule has 0 aliphatic carbocycles. The molecule has 196 valence electrons. The molecule has 0 fully saturated rings. The number of esters is 1. The Hall–Kier alpha value is -0.790. The minimum Gasteiger partial charge on any atom is -0.435 e. The van der Waals surface area contributed by atoms with Gasteiger partial charge in [0.2, 0.25) is 0 Å². The Morgan fingerprint density at radius 2 is 0.818 bits per heavy atom. The maximum Gasteiger partial charge on any atom is 0.310 e. The van der Waals surface area contributed by atoms with Crippen molar-refractivity contribution in [3.63, 3.8) is 0 Å². The van der Waals surface area contributed by atoms with Crippen molar-refractivity contribution < 1.29 is 9.53 Å². The van der Waals surface area contributed by atoms with Crippen LogP contribution in [0.5, 0.6) is 0 Å². The lowest BCUT2D eigenvalue weighted by Gasteiger charge is -2.04. The number of hydrogen-bond acceptors (Lipinski definition) is 2. The Bertz CT molecular complexity index is 402. The van der Waals surface area contributed by atoms with Crippen molar-refractivity contribution in [1.29, 1.82) is 0 Å². The number of rotatable bonds is 27. The highest BCUT2D eigenvalue weighted by atomic mass is 16.5. The Morgan fingerprint density at radius 3 is 1.18 bits per heavy atom. The molecule has 0 unspecified atom stereocenters. The summed E-state index contributed by atoms with van der Waals surface area (Å²) in [7, 11) is 0. The molecule has 0 amide bonds. The molecule has 0 aliphatic heterocycles. The van der Waals surface area contributed by atoms with Crippen LogP contribution < -0.4 is 0 Å². The highest BCUT2D eigenvalue weighted by Crippen LogP contribution is 2.15. The van der Waals surface area contributed by atoms with Crippen LogP contribution in [0.15, 0.2) is 12.3 Å². The molecule has 0 saturated carbocycles. The van der Waals surface area contributed by atoms with Crippen molar-refractivity contribution >= 4 is 5.97 Å². The molecule has 0 bridgehead atoms. The molecular formula is C31H60O2. The van der Waals surface area contributed by atoms with Crippen molar-refractivity contribution in [3.8, 4) is 0 Å². The Balaban J connectivity index is 3.11. The van der Waals surface area contributed by atoms with Gasteiger partial charge in [0.25, 0.3) is 0 Å². The van der Waals surface area contributed by atoms with Crippen LogP contribution in [0.2, 0.25) is 0 Å². The van der Waals surface area contributed by atoms with E-state index >= 15 is 0 Å². The maximum atomic E-state index is 11.6. The number of carbonyl (C=O) groups is 1. The molecule has 33 heavy (non-hydrogen) atoms. The summed E-state index contributed by atoms with van der Waals surface area (Å²) in [6, 6.07) is 0. The lowest BCUT2D eigenvalue weighted by Crippen LogP contribution is -1.98. The SMILES string of the molecule is CCCC/C=C/OC(=O)CCCCCCCCCCCCCCCCCCCCCCCC. The second-order valence-electron chi connectivity index (χ2n) is 10.2. The molecule has 0 heterocycles. The molecule has 2 heteroatoms. The van der Waals surface area contributed by atoms with Crippen LogP contribution in [0, 0.1) is 0 Å². The summed E-state index contributed by atoms with van der Waals surface area (Å²) in [5.41, 5.74) is 0. The molecule has 0 aromatic carbocycles. The molecule has 0 aliphatic rings. The van der Waals surface area contributed by atoms with Gasteiger partial charge < -0.3 is 4.74 Å². The van der Waals surface area contributed by atoms with Crippen LogP contribution in [0.25, 0.3) is 0 Å². The first-order valence-electron chi connectivity index (χ1n) is 15.2. The number of carbonyl (C=O) groups excluding carboxylic acids is 1. The largest absolute Gasteiger partial charge is 0.435 e. The van der Waals surface area contributed by atoms with Gasteiger partial charge in [-0.3, -0.25) is 4.79 Å². The molecule has 0 aromatic heterocycles. The van der Waals surface area contributed by atoms with Crippen LogP contribution in [-0.4, -0.2) is 5.97 Å². The van der Waals surface area contributed by atoms with Gasteiger partial charge in [0.1, 0.15) is 0 Å². The van der Waals surface area contributed by atoms with E-state index in [9.17, 15) is 4.79 Å². The van der Waals surface area contributed by atoms with Gasteiger partial charge in [-0.25, -0.2) is 0 Å². The fourth-order valence-corrected chi connectivity index (χ4v) is 4.45. The molecule has 0 saturated heterocycles. The minimum absolute atomic E-state index is 0.0732. The average molecular weight is 465 g/mol. The Kier molecular flexibility index (Phi) is 28.5. The third-order valence-corrected chi connectivity index (χ3v) is 6.75. The van der Waals surface area contributed by atoms with Crippen molar-refractivity contribution in [2.45, 2.75) is 181 Å². The second kappa shape index (κ2) is 29.2. The van der Waals surface area contributed by atoms with E-state index in [4.69, 9.17) is 4.74 Å². The summed E-state index contributed by atoms with van der Waals surface area (Å²) < 4.78 is 5.12. The van der Waals surface area contributed by atoms with E-state index in [0.717, 1.165) is 25.7 Å². The van der Waals surface area contributed by atoms with E-state index in [1.54, 1.807) is 6.26 Å². The van der Waals surface area contributed by atoms with Crippen molar-refractivity contribution in [2.75, 3.05) is 0 Å². The molecule has 0 aromatic rings. The molecule has 0 radical (unpaired) electrons. The zero-order valence-electron chi connectivity index (χ0n) is 22.9. The normalized spacial score (nSPS) is 11.5. The first-order valence-corrected chi connectivity index (χ1v) is 15.2. The van der Waals surface area contributed by atoms with Crippen LogP contribution in [0.1, 0.15) is 181 Å². The highest BCUT2D eigenvalue weighted by molar-refractivity contribution is 5.69. The Morgan fingerprint density at radius 1 is 0.485 bits per heavy atom. The van der Waals surface area contributed by atoms with Gasteiger partial charge in [0.15, 0.2) is 0 Å². The van der Waals surface area contributed by atoms with E-state index in [-0.39, 0.29) is 5.97 Å². The predicted molar refractivity (Wildman–Crippen MR) is 147 cm³/mol. The number of hydrogen-bond donors (Lipinski definition) is 0. The smallest absolute Gasteiger partial charge is 0.310 e. The molecule has 2 nitrogen and oxygen atoms in total. The third-order valence-electron chi connectivity index (χ3n) is 6.75. The Labute approximate surface area is 208 Å². The minimum atomic E-state index is -0.0732. The van der Waals surface area contributed by atoms with Gasteiger partial charge in [0, 0.05) is 6.42 Å². The third kappa shape index (κ3) is 29.2. The van der Waals surface area contributed by atoms with E-state index in [2.05, 4.69) is 13.8 Å². The molecular weight excluding hydrogens is 404 g/mol. The van der Waals surface area contributed by atoms with Gasteiger partial charge >= 0.3 is 5.97 Å². The molecule has 0 spiro atoms. The highest BCUT2D eigenvalue weighted by Gasteiger charge is 2.00. The zero-order chi connectivity index (χ0) is 24.1. The topological polar surface area (TPSA) is 26.3 Å². The van der Waals surface area contributed by atoms with Gasteiger partial charge in [-0.2, -0.15) is 0 Å². The second-order valence-corrected chi connectivity index (χ2v) is 10.2. The maximum absolute atomic E-state index is 11.6. The van der Waals surface area contributed by atoms with Gasteiger partial charge in [-0.05, 0) is 25.3 Å². The van der Waals surface area contributed by atoms with Crippen molar-refractivity contribution in [3.05, 3.63) is 12.3 Å². The lowest BCUT2D eigenvalue weighted by atomic mass is 10.0. The number of ether oxygens (including phenoxy) is 1. The number of allylic oxidation sites excluding steroid dienone is 1. The first kappa shape index (κ1) is 32.2. The van der Waals surface area contributed by atoms with Gasteiger partial charge in [-0.15, -0.1) is 0 Å². The summed E-state index contributed by atoms with van der Waals surface area (Å²) in [5, 5.41) is 0. The van der Waals surface area contributed by atoms with Crippen LogP contribution in [0.4, 0.5) is 0 Å². The molecule has 0 atom stereocenters.